The molecule has 1 fully saturated rings. The van der Waals surface area contributed by atoms with Gasteiger partial charge in [-0.15, -0.1) is 0 Å². The van der Waals surface area contributed by atoms with Gasteiger partial charge in [-0.1, -0.05) is 6.42 Å². The molecule has 82 valence electrons. The Labute approximate surface area is 90.9 Å². The van der Waals surface area contributed by atoms with E-state index in [-0.39, 0.29) is 0 Å². The van der Waals surface area contributed by atoms with E-state index >= 15 is 0 Å². The van der Waals surface area contributed by atoms with Crippen molar-refractivity contribution in [2.45, 2.75) is 31.2 Å². The second-order valence-electron chi connectivity index (χ2n) is 4.09. The summed E-state index contributed by atoms with van der Waals surface area (Å²) >= 11 is 0. The Morgan fingerprint density at radius 3 is 3.00 bits per heavy atom. The number of rotatable bonds is 3. The molecule has 3 heteroatoms. The number of ether oxygens (including phenoxy) is 1. The molecule has 1 saturated carbocycles. The van der Waals surface area contributed by atoms with Crippen LogP contribution in [0.25, 0.3) is 0 Å². The molecule has 1 heterocycles. The fourth-order valence-electron chi connectivity index (χ4n) is 2.45. The van der Waals surface area contributed by atoms with Gasteiger partial charge in [0.25, 0.3) is 0 Å². The lowest BCUT2D eigenvalue weighted by atomic mass is 9.95. The van der Waals surface area contributed by atoms with E-state index in [2.05, 4.69) is 16.4 Å². The summed E-state index contributed by atoms with van der Waals surface area (Å²) in [6.45, 7) is 0. The van der Waals surface area contributed by atoms with Crippen LogP contribution in [0.3, 0.4) is 0 Å². The van der Waals surface area contributed by atoms with E-state index in [1.807, 2.05) is 13.2 Å². The molecule has 1 N–H and O–H groups in total. The quantitative estimate of drug-likeness (QED) is 0.820. The third-order valence-electron chi connectivity index (χ3n) is 3.28. The number of pyridine rings is 1. The Morgan fingerprint density at radius 1 is 1.40 bits per heavy atom. The first-order valence-corrected chi connectivity index (χ1v) is 5.51. The molecule has 2 unspecified atom stereocenters. The predicted octanol–water partition coefficient (Wildman–Crippen LogP) is 1.95. The lowest BCUT2D eigenvalue weighted by Crippen LogP contribution is -2.27. The van der Waals surface area contributed by atoms with Crippen LogP contribution in [-0.2, 0) is 0 Å². The van der Waals surface area contributed by atoms with Crippen molar-refractivity contribution in [3.63, 3.8) is 0 Å². The minimum absolute atomic E-state index is 0.595. The lowest BCUT2D eigenvalue weighted by Gasteiger charge is -2.19. The Morgan fingerprint density at radius 2 is 2.27 bits per heavy atom. The maximum absolute atomic E-state index is 5.20. The lowest BCUT2D eigenvalue weighted by molar-refractivity contribution is 0.411. The number of aromatic nitrogens is 1. The van der Waals surface area contributed by atoms with Gasteiger partial charge in [-0.3, -0.25) is 4.98 Å². The predicted molar refractivity (Wildman–Crippen MR) is 60.2 cm³/mol. The van der Waals surface area contributed by atoms with Gasteiger partial charge in [0.1, 0.15) is 5.75 Å². The number of hydrogen-bond donors (Lipinski definition) is 1. The molecule has 2 atom stereocenters. The van der Waals surface area contributed by atoms with E-state index < -0.39 is 0 Å². The number of nitrogens with zero attached hydrogens (tertiary/aromatic N) is 1. The van der Waals surface area contributed by atoms with Crippen LogP contribution in [0.4, 0.5) is 0 Å². The highest BCUT2D eigenvalue weighted by Crippen LogP contribution is 2.35. The minimum atomic E-state index is 0.595. The molecule has 0 aliphatic heterocycles. The number of hydrogen-bond acceptors (Lipinski definition) is 3. The van der Waals surface area contributed by atoms with Crippen LogP contribution in [0.15, 0.2) is 18.5 Å². The first-order valence-electron chi connectivity index (χ1n) is 5.51. The summed E-state index contributed by atoms with van der Waals surface area (Å²) < 4.78 is 5.20. The smallest absolute Gasteiger partial charge is 0.137 e. The number of methoxy groups -OCH3 is 1. The molecular formula is C12H18N2O. The van der Waals surface area contributed by atoms with Crippen LogP contribution >= 0.6 is 0 Å². The van der Waals surface area contributed by atoms with Gasteiger partial charge in [-0.2, -0.15) is 0 Å². The number of likely N-dealkylation sites (N-methyl/N-ethyl adjacent to an activating group) is 1. The van der Waals surface area contributed by atoms with E-state index in [0.717, 1.165) is 5.75 Å². The summed E-state index contributed by atoms with van der Waals surface area (Å²) in [5.41, 5.74) is 1.30. The molecule has 0 radical (unpaired) electrons. The monoisotopic (exact) mass is 206 g/mol. The van der Waals surface area contributed by atoms with E-state index in [4.69, 9.17) is 4.74 Å². The van der Waals surface area contributed by atoms with Crippen molar-refractivity contribution in [2.24, 2.45) is 0 Å². The van der Waals surface area contributed by atoms with E-state index in [1.165, 1.54) is 24.8 Å². The summed E-state index contributed by atoms with van der Waals surface area (Å²) in [4.78, 5) is 4.22. The van der Waals surface area contributed by atoms with Gasteiger partial charge in [0, 0.05) is 18.2 Å². The van der Waals surface area contributed by atoms with Crippen LogP contribution in [0.5, 0.6) is 5.75 Å². The van der Waals surface area contributed by atoms with Crippen molar-refractivity contribution < 1.29 is 4.74 Å². The Balaban J connectivity index is 2.20. The largest absolute Gasteiger partial charge is 0.495 e. The van der Waals surface area contributed by atoms with Crippen LogP contribution in [-0.4, -0.2) is 25.2 Å². The summed E-state index contributed by atoms with van der Waals surface area (Å²) in [7, 11) is 3.72. The highest BCUT2D eigenvalue weighted by molar-refractivity contribution is 5.28. The Hall–Kier alpha value is -1.09. The van der Waals surface area contributed by atoms with Gasteiger partial charge in [-0.25, -0.2) is 0 Å². The van der Waals surface area contributed by atoms with Gasteiger partial charge in [-0.05, 0) is 31.5 Å². The highest BCUT2D eigenvalue weighted by atomic mass is 16.5. The normalized spacial score (nSPS) is 25.5. The van der Waals surface area contributed by atoms with Crippen molar-refractivity contribution in [2.75, 3.05) is 14.2 Å². The third-order valence-corrected chi connectivity index (χ3v) is 3.28. The topological polar surface area (TPSA) is 34.2 Å². The molecule has 0 aromatic carbocycles. The summed E-state index contributed by atoms with van der Waals surface area (Å²) in [5, 5.41) is 3.38. The average Bonchev–Trinajstić information content (AvgIpc) is 2.77. The van der Waals surface area contributed by atoms with Gasteiger partial charge in [0.15, 0.2) is 0 Å². The molecule has 0 bridgehead atoms. The Bertz CT molecular complexity index is 327. The molecular weight excluding hydrogens is 188 g/mol. The van der Waals surface area contributed by atoms with Crippen molar-refractivity contribution in [3.8, 4) is 5.75 Å². The molecule has 1 aliphatic carbocycles. The summed E-state index contributed by atoms with van der Waals surface area (Å²) in [5.74, 6) is 1.45. The zero-order valence-corrected chi connectivity index (χ0v) is 9.36. The highest BCUT2D eigenvalue weighted by Gasteiger charge is 2.27. The maximum atomic E-state index is 5.20. The van der Waals surface area contributed by atoms with Crippen molar-refractivity contribution >= 4 is 0 Å². The van der Waals surface area contributed by atoms with Gasteiger partial charge < -0.3 is 10.1 Å². The summed E-state index contributed by atoms with van der Waals surface area (Å²) in [6, 6.07) is 2.70. The van der Waals surface area contributed by atoms with E-state index in [1.54, 1.807) is 13.3 Å². The molecule has 2 rings (SSSR count). The second-order valence-corrected chi connectivity index (χ2v) is 4.09. The van der Waals surface area contributed by atoms with Crippen molar-refractivity contribution in [1.82, 2.24) is 10.3 Å². The van der Waals surface area contributed by atoms with Crippen molar-refractivity contribution in [3.05, 3.63) is 24.0 Å². The molecule has 1 aromatic rings. The van der Waals surface area contributed by atoms with Crippen LogP contribution in [0, 0.1) is 0 Å². The maximum Gasteiger partial charge on any atom is 0.137 e. The molecule has 0 spiro atoms. The Kier molecular flexibility index (Phi) is 3.21. The first-order chi connectivity index (χ1) is 7.35. The molecule has 3 nitrogen and oxygen atoms in total. The van der Waals surface area contributed by atoms with Gasteiger partial charge >= 0.3 is 0 Å². The zero-order valence-electron chi connectivity index (χ0n) is 9.36. The second kappa shape index (κ2) is 4.62. The van der Waals surface area contributed by atoms with Crippen LogP contribution < -0.4 is 10.1 Å². The van der Waals surface area contributed by atoms with Gasteiger partial charge in [0.05, 0.1) is 13.3 Å². The molecule has 15 heavy (non-hydrogen) atoms. The van der Waals surface area contributed by atoms with Crippen LogP contribution in [0.1, 0.15) is 30.7 Å². The minimum Gasteiger partial charge on any atom is -0.495 e. The van der Waals surface area contributed by atoms with E-state index in [9.17, 15) is 0 Å². The SMILES string of the molecule is CNC1CCCC1c1cncc(OC)c1. The standard InChI is InChI=1S/C12H18N2O/c1-13-12-5-3-4-11(12)9-6-10(15-2)8-14-7-9/h6-8,11-13H,3-5H2,1-2H3. The number of nitrogens with one attached hydrogen (secondary N) is 1. The summed E-state index contributed by atoms with van der Waals surface area (Å²) in [6.07, 6.45) is 7.53. The first kappa shape index (κ1) is 10.4. The molecule has 0 saturated heterocycles. The van der Waals surface area contributed by atoms with Crippen LogP contribution in [0.2, 0.25) is 0 Å². The fraction of sp³-hybridized carbons (Fsp3) is 0.583. The molecule has 1 aliphatic rings. The van der Waals surface area contributed by atoms with Crippen molar-refractivity contribution in [1.29, 1.82) is 0 Å². The fourth-order valence-corrected chi connectivity index (χ4v) is 2.45. The molecule has 0 amide bonds. The van der Waals surface area contributed by atoms with Gasteiger partial charge in [0.2, 0.25) is 0 Å². The third kappa shape index (κ3) is 2.12. The average molecular weight is 206 g/mol. The zero-order chi connectivity index (χ0) is 10.7. The molecule has 1 aromatic heterocycles. The van der Waals surface area contributed by atoms with E-state index in [0.29, 0.717) is 12.0 Å².